The molecule has 0 radical (unpaired) electrons. The second-order valence-electron chi connectivity index (χ2n) is 7.37. The van der Waals surface area contributed by atoms with Crippen LogP contribution in [0.2, 0.25) is 0 Å². The Bertz CT molecular complexity index is 1180. The van der Waals surface area contributed by atoms with Crippen molar-refractivity contribution in [3.8, 4) is 0 Å². The second-order valence-corrected chi connectivity index (χ2v) is 8.32. The van der Waals surface area contributed by atoms with Gasteiger partial charge >= 0.3 is 0 Å². The molecule has 0 saturated heterocycles. The number of hydrogen-bond donors (Lipinski definition) is 2. The zero-order valence-electron chi connectivity index (χ0n) is 17.0. The van der Waals surface area contributed by atoms with Crippen molar-refractivity contribution >= 4 is 40.1 Å². The zero-order chi connectivity index (χ0) is 21.1. The van der Waals surface area contributed by atoms with Crippen LogP contribution in [0.15, 0.2) is 78.0 Å². The van der Waals surface area contributed by atoms with Crippen LogP contribution < -0.4 is 11.1 Å². The highest BCUT2D eigenvalue weighted by atomic mass is 32.2. The molecule has 0 bridgehead atoms. The number of amides is 1. The Kier molecular flexibility index (Phi) is 5.77. The number of nitrogens with two attached hydrogens (primary N) is 1. The number of benzene rings is 3. The van der Waals surface area contributed by atoms with Crippen molar-refractivity contribution in [3.05, 3.63) is 83.9 Å². The van der Waals surface area contributed by atoms with Crippen LogP contribution in [-0.2, 0) is 5.75 Å². The summed E-state index contributed by atoms with van der Waals surface area (Å²) >= 11 is 1.71. The van der Waals surface area contributed by atoms with E-state index in [9.17, 15) is 4.79 Å². The molecule has 0 aliphatic rings. The highest BCUT2D eigenvalue weighted by molar-refractivity contribution is 7.98. The first-order chi connectivity index (χ1) is 14.5. The summed E-state index contributed by atoms with van der Waals surface area (Å²) in [7, 11) is 0. The van der Waals surface area contributed by atoms with Gasteiger partial charge in [0.05, 0.1) is 22.4 Å². The molecule has 0 aliphatic heterocycles. The summed E-state index contributed by atoms with van der Waals surface area (Å²) in [6.07, 6.45) is 0. The smallest absolute Gasteiger partial charge is 0.255 e. The Morgan fingerprint density at radius 1 is 1.03 bits per heavy atom. The SMILES string of the molecule is CC(C)n1c(SCc2ccc(C(=O)Nc3ccccc3N)cc2)nc2ccccc21. The van der Waals surface area contributed by atoms with Gasteiger partial charge in [-0.3, -0.25) is 4.79 Å². The first-order valence-electron chi connectivity index (χ1n) is 9.87. The van der Waals surface area contributed by atoms with E-state index in [0.29, 0.717) is 23.0 Å². The highest BCUT2D eigenvalue weighted by Crippen LogP contribution is 2.30. The summed E-state index contributed by atoms with van der Waals surface area (Å²) < 4.78 is 2.27. The van der Waals surface area contributed by atoms with E-state index in [2.05, 4.69) is 29.8 Å². The molecule has 3 N–H and O–H groups in total. The van der Waals surface area contributed by atoms with Crippen molar-refractivity contribution in [2.75, 3.05) is 11.1 Å². The minimum atomic E-state index is -0.172. The average molecular weight is 417 g/mol. The van der Waals surface area contributed by atoms with Crippen LogP contribution in [0, 0.1) is 0 Å². The van der Waals surface area contributed by atoms with Crippen LogP contribution in [0.4, 0.5) is 11.4 Å². The van der Waals surface area contributed by atoms with Gasteiger partial charge < -0.3 is 15.6 Å². The van der Waals surface area contributed by atoms with Crippen molar-refractivity contribution in [2.45, 2.75) is 30.8 Å². The number of thioether (sulfide) groups is 1. The molecule has 5 nitrogen and oxygen atoms in total. The number of rotatable bonds is 6. The average Bonchev–Trinajstić information content (AvgIpc) is 3.13. The topological polar surface area (TPSA) is 72.9 Å². The molecule has 0 atom stereocenters. The van der Waals surface area contributed by atoms with E-state index >= 15 is 0 Å². The Labute approximate surface area is 180 Å². The fourth-order valence-corrected chi connectivity index (χ4v) is 4.43. The molecule has 6 heteroatoms. The predicted molar refractivity (Wildman–Crippen MR) is 125 cm³/mol. The first-order valence-corrected chi connectivity index (χ1v) is 10.9. The van der Waals surface area contributed by atoms with E-state index in [1.54, 1.807) is 23.9 Å². The Hall–Kier alpha value is -3.25. The van der Waals surface area contributed by atoms with E-state index in [1.165, 1.54) is 0 Å². The fourth-order valence-electron chi connectivity index (χ4n) is 3.33. The number of imidazole rings is 1. The molecule has 1 amide bonds. The predicted octanol–water partition coefficient (Wildman–Crippen LogP) is 5.74. The van der Waals surface area contributed by atoms with Crippen LogP contribution >= 0.6 is 11.8 Å². The number of hydrogen-bond acceptors (Lipinski definition) is 4. The number of fused-ring (bicyclic) bond motifs is 1. The van der Waals surface area contributed by atoms with E-state index in [1.807, 2.05) is 54.6 Å². The normalized spacial score (nSPS) is 11.2. The summed E-state index contributed by atoms with van der Waals surface area (Å²) in [5.74, 6) is 0.609. The lowest BCUT2D eigenvalue weighted by Gasteiger charge is -2.12. The van der Waals surface area contributed by atoms with Gasteiger partial charge in [-0.15, -0.1) is 0 Å². The molecular weight excluding hydrogens is 392 g/mol. The lowest BCUT2D eigenvalue weighted by Crippen LogP contribution is -2.13. The molecule has 1 heterocycles. The largest absolute Gasteiger partial charge is 0.397 e. The van der Waals surface area contributed by atoms with Gasteiger partial charge in [-0.2, -0.15) is 0 Å². The van der Waals surface area contributed by atoms with Crippen molar-refractivity contribution in [1.29, 1.82) is 0 Å². The van der Waals surface area contributed by atoms with Crippen molar-refractivity contribution in [2.24, 2.45) is 0 Å². The number of para-hydroxylation sites is 4. The number of nitrogens with zero attached hydrogens (tertiary/aromatic N) is 2. The monoisotopic (exact) mass is 416 g/mol. The highest BCUT2D eigenvalue weighted by Gasteiger charge is 2.14. The minimum absolute atomic E-state index is 0.172. The fraction of sp³-hybridized carbons (Fsp3) is 0.167. The molecule has 0 saturated carbocycles. The lowest BCUT2D eigenvalue weighted by atomic mass is 10.1. The molecule has 0 unspecified atom stereocenters. The lowest BCUT2D eigenvalue weighted by molar-refractivity contribution is 0.102. The number of aromatic nitrogens is 2. The van der Waals surface area contributed by atoms with Gasteiger partial charge in [0, 0.05) is 17.4 Å². The summed E-state index contributed by atoms with van der Waals surface area (Å²) in [6.45, 7) is 4.34. The third-order valence-corrected chi connectivity index (χ3v) is 5.90. The molecule has 0 fully saturated rings. The van der Waals surface area contributed by atoms with Crippen molar-refractivity contribution < 1.29 is 4.79 Å². The molecule has 4 rings (SSSR count). The van der Waals surface area contributed by atoms with E-state index in [4.69, 9.17) is 10.7 Å². The number of carbonyl (C=O) groups is 1. The maximum absolute atomic E-state index is 12.5. The molecule has 152 valence electrons. The van der Waals surface area contributed by atoms with Crippen LogP contribution in [0.3, 0.4) is 0 Å². The molecular formula is C24H24N4OS. The number of nitrogen functional groups attached to an aromatic ring is 1. The standard InChI is InChI=1S/C24H24N4OS/c1-16(2)28-22-10-6-5-9-21(22)27-24(28)30-15-17-11-13-18(14-12-17)23(29)26-20-8-4-3-7-19(20)25/h3-14,16H,15,25H2,1-2H3,(H,26,29). The maximum Gasteiger partial charge on any atom is 0.255 e. The number of anilines is 2. The summed E-state index contributed by atoms with van der Waals surface area (Å²) in [4.78, 5) is 17.3. The van der Waals surface area contributed by atoms with Gasteiger partial charge in [0.25, 0.3) is 5.91 Å². The molecule has 0 spiro atoms. The Balaban J connectivity index is 1.46. The summed E-state index contributed by atoms with van der Waals surface area (Å²) in [5, 5.41) is 3.86. The number of nitrogens with one attached hydrogen (secondary N) is 1. The quantitative estimate of drug-likeness (QED) is 0.310. The second kappa shape index (κ2) is 8.63. The van der Waals surface area contributed by atoms with Gasteiger partial charge in [0.1, 0.15) is 0 Å². The molecule has 1 aromatic heterocycles. The summed E-state index contributed by atoms with van der Waals surface area (Å²) in [5.41, 5.74) is 11.0. The van der Waals surface area contributed by atoms with E-state index < -0.39 is 0 Å². The number of carbonyl (C=O) groups excluding carboxylic acids is 1. The molecule has 0 aliphatic carbocycles. The molecule has 4 aromatic rings. The molecule has 30 heavy (non-hydrogen) atoms. The van der Waals surface area contributed by atoms with Gasteiger partial charge in [-0.05, 0) is 55.8 Å². The minimum Gasteiger partial charge on any atom is -0.397 e. The molecule has 3 aromatic carbocycles. The third-order valence-electron chi connectivity index (χ3n) is 4.87. The Morgan fingerprint density at radius 3 is 2.47 bits per heavy atom. The van der Waals surface area contributed by atoms with Crippen LogP contribution in [-0.4, -0.2) is 15.5 Å². The van der Waals surface area contributed by atoms with Gasteiger partial charge in [-0.25, -0.2) is 4.98 Å². The maximum atomic E-state index is 12.5. The van der Waals surface area contributed by atoms with Crippen molar-refractivity contribution in [3.63, 3.8) is 0 Å². The van der Waals surface area contributed by atoms with Crippen LogP contribution in [0.25, 0.3) is 11.0 Å². The van der Waals surface area contributed by atoms with Crippen LogP contribution in [0.5, 0.6) is 0 Å². The third kappa shape index (κ3) is 4.19. The van der Waals surface area contributed by atoms with Gasteiger partial charge in [-0.1, -0.05) is 48.2 Å². The van der Waals surface area contributed by atoms with E-state index in [-0.39, 0.29) is 5.91 Å². The Morgan fingerprint density at radius 2 is 1.73 bits per heavy atom. The van der Waals surface area contributed by atoms with E-state index in [0.717, 1.165) is 27.5 Å². The van der Waals surface area contributed by atoms with Gasteiger partial charge in [0.2, 0.25) is 0 Å². The summed E-state index contributed by atoms with van der Waals surface area (Å²) in [6, 6.07) is 23.4. The van der Waals surface area contributed by atoms with Gasteiger partial charge in [0.15, 0.2) is 5.16 Å². The van der Waals surface area contributed by atoms with Crippen LogP contribution in [0.1, 0.15) is 35.8 Å². The van der Waals surface area contributed by atoms with Crippen molar-refractivity contribution in [1.82, 2.24) is 9.55 Å². The zero-order valence-corrected chi connectivity index (χ0v) is 17.8. The first kappa shape index (κ1) is 20.0.